The fourth-order valence-electron chi connectivity index (χ4n) is 1.62. The van der Waals surface area contributed by atoms with Crippen LogP contribution in [0, 0.1) is 6.92 Å². The predicted molar refractivity (Wildman–Crippen MR) is 62.2 cm³/mol. The molecule has 1 aromatic heterocycles. The maximum Gasteiger partial charge on any atom is 0.0884 e. The van der Waals surface area contributed by atoms with Crippen LogP contribution in [0.1, 0.15) is 11.3 Å². The number of hydrogen-bond donors (Lipinski definition) is 0. The Hall–Kier alpha value is -1.12. The number of aryl methyl sites for hydroxylation is 1. The van der Waals surface area contributed by atoms with Crippen LogP contribution >= 0.6 is 11.6 Å². The fraction of sp³-hybridized carbons (Fsp3) is 0.250. The van der Waals surface area contributed by atoms with Crippen LogP contribution in [0.15, 0.2) is 24.3 Å². The maximum absolute atomic E-state index is 6.17. The highest BCUT2D eigenvalue weighted by molar-refractivity contribution is 6.35. The molecule has 0 radical (unpaired) electrons. The molecule has 0 saturated heterocycles. The zero-order chi connectivity index (χ0) is 10.8. The molecule has 3 heteroatoms. The van der Waals surface area contributed by atoms with Crippen molar-refractivity contribution in [3.05, 3.63) is 40.5 Å². The Morgan fingerprint density at radius 1 is 1.40 bits per heavy atom. The number of aromatic nitrogens is 1. The van der Waals surface area contributed by atoms with Gasteiger partial charge in [0.1, 0.15) is 0 Å². The van der Waals surface area contributed by atoms with Crippen LogP contribution in [-0.2, 0) is 11.3 Å². The van der Waals surface area contributed by atoms with Crippen LogP contribution in [0.25, 0.3) is 10.9 Å². The second-order valence-corrected chi connectivity index (χ2v) is 3.91. The van der Waals surface area contributed by atoms with E-state index in [9.17, 15) is 0 Å². The highest BCUT2D eigenvalue weighted by Gasteiger charge is 2.05. The smallest absolute Gasteiger partial charge is 0.0884 e. The van der Waals surface area contributed by atoms with Crippen LogP contribution < -0.4 is 0 Å². The third-order valence-electron chi connectivity index (χ3n) is 2.34. The SMILES string of the molecule is COCc1cc(Cl)c2cccc(C)c2n1. The largest absolute Gasteiger partial charge is 0.378 e. The molecule has 0 N–H and O–H groups in total. The van der Waals surface area contributed by atoms with Gasteiger partial charge in [0.05, 0.1) is 22.8 Å². The molecule has 2 nitrogen and oxygen atoms in total. The molecule has 0 aliphatic heterocycles. The van der Waals surface area contributed by atoms with Crippen LogP contribution in [0.4, 0.5) is 0 Å². The second kappa shape index (κ2) is 4.17. The first-order valence-corrected chi connectivity index (χ1v) is 5.14. The van der Waals surface area contributed by atoms with Gasteiger partial charge in [0.2, 0.25) is 0 Å². The van der Waals surface area contributed by atoms with E-state index in [2.05, 4.69) is 4.98 Å². The molecule has 2 rings (SSSR count). The summed E-state index contributed by atoms with van der Waals surface area (Å²) in [7, 11) is 1.65. The molecule has 0 aliphatic rings. The van der Waals surface area contributed by atoms with Gasteiger partial charge in [0.25, 0.3) is 0 Å². The van der Waals surface area contributed by atoms with Gasteiger partial charge in [-0.1, -0.05) is 29.8 Å². The van der Waals surface area contributed by atoms with E-state index in [1.54, 1.807) is 7.11 Å². The average molecular weight is 222 g/mol. The van der Waals surface area contributed by atoms with E-state index in [1.807, 2.05) is 31.2 Å². The standard InChI is InChI=1S/C12H12ClNO/c1-8-4-3-5-10-11(13)6-9(7-15-2)14-12(8)10/h3-6H,7H2,1-2H3. The number of hydrogen-bond acceptors (Lipinski definition) is 2. The molecule has 2 aromatic rings. The monoisotopic (exact) mass is 221 g/mol. The minimum atomic E-state index is 0.490. The van der Waals surface area contributed by atoms with E-state index in [0.29, 0.717) is 6.61 Å². The zero-order valence-corrected chi connectivity index (χ0v) is 9.51. The van der Waals surface area contributed by atoms with E-state index in [1.165, 1.54) is 0 Å². The minimum absolute atomic E-state index is 0.490. The van der Waals surface area contributed by atoms with Gasteiger partial charge < -0.3 is 4.74 Å². The Bertz CT molecular complexity index is 496. The molecule has 0 amide bonds. The van der Waals surface area contributed by atoms with Crippen LogP contribution in [0.3, 0.4) is 0 Å². The summed E-state index contributed by atoms with van der Waals surface area (Å²) in [6.45, 7) is 2.52. The quantitative estimate of drug-likeness (QED) is 0.776. The zero-order valence-electron chi connectivity index (χ0n) is 8.75. The number of halogens is 1. The lowest BCUT2D eigenvalue weighted by Gasteiger charge is -2.06. The van der Waals surface area contributed by atoms with Crippen molar-refractivity contribution >= 4 is 22.5 Å². The Kier molecular flexibility index (Phi) is 2.89. The summed E-state index contributed by atoms with van der Waals surface area (Å²) >= 11 is 6.17. The lowest BCUT2D eigenvalue weighted by molar-refractivity contribution is 0.182. The van der Waals surface area contributed by atoms with Gasteiger partial charge in [-0.05, 0) is 18.6 Å². The molecule has 0 fully saturated rings. The van der Waals surface area contributed by atoms with Crippen molar-refractivity contribution in [2.75, 3.05) is 7.11 Å². The topological polar surface area (TPSA) is 22.1 Å². The third-order valence-corrected chi connectivity index (χ3v) is 2.65. The molecule has 0 saturated carbocycles. The normalized spacial score (nSPS) is 10.9. The van der Waals surface area contributed by atoms with Crippen molar-refractivity contribution in [2.45, 2.75) is 13.5 Å². The van der Waals surface area contributed by atoms with Crippen molar-refractivity contribution in [3.8, 4) is 0 Å². The summed E-state index contributed by atoms with van der Waals surface area (Å²) < 4.78 is 5.05. The van der Waals surface area contributed by atoms with E-state index < -0.39 is 0 Å². The number of rotatable bonds is 2. The van der Waals surface area contributed by atoms with Crippen LogP contribution in [0.5, 0.6) is 0 Å². The van der Waals surface area contributed by atoms with E-state index in [-0.39, 0.29) is 0 Å². The Morgan fingerprint density at radius 3 is 2.93 bits per heavy atom. The van der Waals surface area contributed by atoms with Crippen molar-refractivity contribution < 1.29 is 4.74 Å². The lowest BCUT2D eigenvalue weighted by Crippen LogP contribution is -1.94. The van der Waals surface area contributed by atoms with Crippen LogP contribution in [0.2, 0.25) is 5.02 Å². The van der Waals surface area contributed by atoms with Crippen molar-refractivity contribution in [1.29, 1.82) is 0 Å². The van der Waals surface area contributed by atoms with Gasteiger partial charge >= 0.3 is 0 Å². The molecule has 0 spiro atoms. The number of fused-ring (bicyclic) bond motifs is 1. The number of nitrogens with zero attached hydrogens (tertiary/aromatic N) is 1. The first-order valence-electron chi connectivity index (χ1n) is 4.76. The Balaban J connectivity index is 2.68. The summed E-state index contributed by atoms with van der Waals surface area (Å²) in [4.78, 5) is 4.52. The molecule has 1 heterocycles. The van der Waals surface area contributed by atoms with Crippen molar-refractivity contribution in [3.63, 3.8) is 0 Å². The highest BCUT2D eigenvalue weighted by atomic mass is 35.5. The van der Waals surface area contributed by atoms with Gasteiger partial charge in [-0.3, -0.25) is 0 Å². The number of ether oxygens (including phenoxy) is 1. The summed E-state index contributed by atoms with van der Waals surface area (Å²) in [5.41, 5.74) is 2.95. The van der Waals surface area contributed by atoms with Crippen molar-refractivity contribution in [2.24, 2.45) is 0 Å². The Labute approximate surface area is 93.8 Å². The van der Waals surface area contributed by atoms with Crippen molar-refractivity contribution in [1.82, 2.24) is 4.98 Å². The molecular formula is C12H12ClNO. The fourth-order valence-corrected chi connectivity index (χ4v) is 1.90. The van der Waals surface area contributed by atoms with Gasteiger partial charge in [-0.25, -0.2) is 4.98 Å². The number of methoxy groups -OCH3 is 1. The second-order valence-electron chi connectivity index (χ2n) is 3.50. The predicted octanol–water partition coefficient (Wildman–Crippen LogP) is 3.34. The molecule has 15 heavy (non-hydrogen) atoms. The third kappa shape index (κ3) is 1.96. The van der Waals surface area contributed by atoms with Gasteiger partial charge in [0, 0.05) is 12.5 Å². The summed E-state index contributed by atoms with van der Waals surface area (Å²) in [5.74, 6) is 0. The summed E-state index contributed by atoms with van der Waals surface area (Å²) in [6.07, 6.45) is 0. The molecule has 0 bridgehead atoms. The minimum Gasteiger partial charge on any atom is -0.378 e. The highest BCUT2D eigenvalue weighted by Crippen LogP contribution is 2.25. The number of pyridine rings is 1. The first-order chi connectivity index (χ1) is 7.22. The number of para-hydroxylation sites is 1. The first kappa shape index (κ1) is 10.4. The lowest BCUT2D eigenvalue weighted by atomic mass is 10.1. The molecule has 78 valence electrons. The van der Waals surface area contributed by atoms with E-state index in [0.717, 1.165) is 27.2 Å². The molecule has 0 aliphatic carbocycles. The maximum atomic E-state index is 6.17. The van der Waals surface area contributed by atoms with E-state index >= 15 is 0 Å². The van der Waals surface area contributed by atoms with Gasteiger partial charge in [-0.2, -0.15) is 0 Å². The Morgan fingerprint density at radius 2 is 2.20 bits per heavy atom. The molecule has 0 unspecified atom stereocenters. The average Bonchev–Trinajstić information content (AvgIpc) is 2.20. The molecule has 1 aromatic carbocycles. The van der Waals surface area contributed by atoms with Crippen LogP contribution in [-0.4, -0.2) is 12.1 Å². The van der Waals surface area contributed by atoms with Gasteiger partial charge in [-0.15, -0.1) is 0 Å². The van der Waals surface area contributed by atoms with Gasteiger partial charge in [0.15, 0.2) is 0 Å². The summed E-state index contributed by atoms with van der Waals surface area (Å²) in [5, 5.41) is 1.73. The van der Waals surface area contributed by atoms with E-state index in [4.69, 9.17) is 16.3 Å². The summed E-state index contributed by atoms with van der Waals surface area (Å²) in [6, 6.07) is 7.85. The number of benzene rings is 1. The molecular weight excluding hydrogens is 210 g/mol. The molecule has 0 atom stereocenters.